The van der Waals surface area contributed by atoms with Crippen LogP contribution in [-0.4, -0.2) is 62.5 Å². The number of alkyl halides is 3. The van der Waals surface area contributed by atoms with Crippen LogP contribution in [0.3, 0.4) is 0 Å². The maximum atomic E-state index is 12.5. The maximum Gasteiger partial charge on any atom is 0.490 e. The fourth-order valence-electron chi connectivity index (χ4n) is 3.15. The van der Waals surface area contributed by atoms with Crippen LogP contribution >= 0.6 is 0 Å². The van der Waals surface area contributed by atoms with Crippen molar-refractivity contribution in [2.75, 3.05) is 31.1 Å². The third-order valence-corrected chi connectivity index (χ3v) is 4.64. The van der Waals surface area contributed by atoms with Crippen LogP contribution in [0.4, 0.5) is 19.1 Å². The molecule has 0 saturated carbocycles. The van der Waals surface area contributed by atoms with E-state index in [2.05, 4.69) is 21.3 Å². The second kappa shape index (κ2) is 10.5. The Labute approximate surface area is 181 Å². The van der Waals surface area contributed by atoms with Crippen LogP contribution < -0.4 is 21.5 Å². The fourth-order valence-corrected chi connectivity index (χ4v) is 3.15. The summed E-state index contributed by atoms with van der Waals surface area (Å²) >= 11 is 0. The lowest BCUT2D eigenvalue weighted by Crippen LogP contribution is -2.44. The van der Waals surface area contributed by atoms with E-state index in [1.54, 1.807) is 4.57 Å². The van der Waals surface area contributed by atoms with Crippen LogP contribution in [0, 0.1) is 0 Å². The Morgan fingerprint density at radius 1 is 1.19 bits per heavy atom. The summed E-state index contributed by atoms with van der Waals surface area (Å²) in [6.45, 7) is 10.6. The average Bonchev–Trinajstić information content (AvgIpc) is 3.10. The topological polar surface area (TPSA) is 125 Å². The van der Waals surface area contributed by atoms with Gasteiger partial charge in [0.25, 0.3) is 5.56 Å². The first-order chi connectivity index (χ1) is 15.0. The predicted octanol–water partition coefficient (Wildman–Crippen LogP) is 1.31. The summed E-state index contributed by atoms with van der Waals surface area (Å²) in [6.07, 6.45) is -2.22. The number of allylic oxidation sites excluding steroid dienone is 2. The van der Waals surface area contributed by atoms with E-state index >= 15 is 0 Å². The molecule has 13 heteroatoms. The van der Waals surface area contributed by atoms with Gasteiger partial charge in [0.2, 0.25) is 5.95 Å². The minimum Gasteiger partial charge on any atom is -0.475 e. The molecular weight excluding hydrogens is 433 g/mol. The van der Waals surface area contributed by atoms with Crippen molar-refractivity contribution >= 4 is 23.1 Å². The third-order valence-electron chi connectivity index (χ3n) is 4.64. The number of aromatic amines is 1. The Bertz CT molecular complexity index is 1090. The van der Waals surface area contributed by atoms with Gasteiger partial charge >= 0.3 is 17.8 Å². The number of carboxylic acid groups (broad SMARTS) is 1. The number of carbonyl (C=O) groups is 1. The van der Waals surface area contributed by atoms with Crippen molar-refractivity contribution in [1.82, 2.24) is 24.4 Å². The Hall–Kier alpha value is -3.09. The molecule has 0 atom stereocenters. The highest BCUT2D eigenvalue weighted by molar-refractivity contribution is 5.74. The standard InChI is InChI=1S/C17H26N6O2.C2HF3O2/c1-4-8-23-14-13(15(24)20-17(23)25)22(9-5-12(2)3)16(19-14)21-10-6-18-7-11-21;3-2(4,5)1(6)7/h5,18H,4,6-11H2,1-3H3,(H,20,24,25);(H,6,7). The molecule has 0 spiro atoms. The number of halogens is 3. The molecule has 2 aromatic rings. The number of aryl methyl sites for hydroxylation is 1. The van der Waals surface area contributed by atoms with E-state index in [9.17, 15) is 22.8 Å². The average molecular weight is 460 g/mol. The van der Waals surface area contributed by atoms with Crippen molar-refractivity contribution in [3.05, 3.63) is 32.5 Å². The minimum absolute atomic E-state index is 0.372. The number of rotatable bonds is 5. The van der Waals surface area contributed by atoms with Gasteiger partial charge in [0.15, 0.2) is 11.2 Å². The number of nitrogens with zero attached hydrogens (tertiary/aromatic N) is 4. The van der Waals surface area contributed by atoms with Crippen molar-refractivity contribution in [3.8, 4) is 0 Å². The van der Waals surface area contributed by atoms with E-state index in [0.717, 1.165) is 38.5 Å². The minimum atomic E-state index is -5.08. The lowest BCUT2D eigenvalue weighted by Gasteiger charge is -2.28. The van der Waals surface area contributed by atoms with Gasteiger partial charge < -0.3 is 19.9 Å². The number of anilines is 1. The number of aliphatic carboxylic acids is 1. The largest absolute Gasteiger partial charge is 0.490 e. The van der Waals surface area contributed by atoms with Crippen LogP contribution in [0.15, 0.2) is 21.2 Å². The van der Waals surface area contributed by atoms with Crippen molar-refractivity contribution in [1.29, 1.82) is 0 Å². The highest BCUT2D eigenvalue weighted by atomic mass is 19.4. The Morgan fingerprint density at radius 2 is 1.78 bits per heavy atom. The number of aromatic nitrogens is 4. The summed E-state index contributed by atoms with van der Waals surface area (Å²) in [5, 5.41) is 10.5. The molecule has 1 aliphatic heterocycles. The molecule has 178 valence electrons. The van der Waals surface area contributed by atoms with Crippen molar-refractivity contribution in [2.24, 2.45) is 0 Å². The van der Waals surface area contributed by atoms with Gasteiger partial charge in [-0.25, -0.2) is 9.59 Å². The molecule has 0 amide bonds. The molecule has 2 aromatic heterocycles. The Kier molecular flexibility index (Phi) is 8.25. The van der Waals surface area contributed by atoms with Crippen LogP contribution in [-0.2, 0) is 17.9 Å². The van der Waals surface area contributed by atoms with Crippen molar-refractivity contribution < 1.29 is 23.1 Å². The lowest BCUT2D eigenvalue weighted by atomic mass is 10.3. The highest BCUT2D eigenvalue weighted by Crippen LogP contribution is 2.21. The number of piperazine rings is 1. The van der Waals surface area contributed by atoms with Gasteiger partial charge in [0, 0.05) is 39.3 Å². The molecule has 1 aliphatic rings. The number of carboxylic acids is 1. The van der Waals surface area contributed by atoms with E-state index in [1.807, 2.05) is 25.3 Å². The second-order valence-corrected chi connectivity index (χ2v) is 7.43. The quantitative estimate of drug-likeness (QED) is 0.575. The maximum absolute atomic E-state index is 12.5. The highest BCUT2D eigenvalue weighted by Gasteiger charge is 2.38. The van der Waals surface area contributed by atoms with Gasteiger partial charge in [-0.3, -0.25) is 14.3 Å². The first-order valence-electron chi connectivity index (χ1n) is 10.1. The van der Waals surface area contributed by atoms with Crippen molar-refractivity contribution in [2.45, 2.75) is 46.5 Å². The normalized spacial score (nSPS) is 14.1. The molecule has 3 heterocycles. The molecule has 0 bridgehead atoms. The molecular formula is C19H27F3N6O4. The number of hydrogen-bond acceptors (Lipinski definition) is 6. The van der Waals surface area contributed by atoms with Gasteiger partial charge in [-0.15, -0.1) is 0 Å². The van der Waals surface area contributed by atoms with E-state index in [-0.39, 0.29) is 5.56 Å². The molecule has 0 aromatic carbocycles. The first-order valence-corrected chi connectivity index (χ1v) is 10.1. The number of H-pyrrole nitrogens is 1. The molecule has 10 nitrogen and oxygen atoms in total. The number of hydrogen-bond donors (Lipinski definition) is 3. The van der Waals surface area contributed by atoms with E-state index in [0.29, 0.717) is 24.3 Å². The summed E-state index contributed by atoms with van der Waals surface area (Å²) in [7, 11) is 0. The Balaban J connectivity index is 0.000000451. The molecule has 3 rings (SSSR count). The first kappa shape index (κ1) is 25.2. The molecule has 0 radical (unpaired) electrons. The third kappa shape index (κ3) is 5.99. The summed E-state index contributed by atoms with van der Waals surface area (Å²) in [5.74, 6) is -2.00. The summed E-state index contributed by atoms with van der Waals surface area (Å²) < 4.78 is 35.2. The number of imidazole rings is 1. The van der Waals surface area contributed by atoms with Crippen molar-refractivity contribution in [3.63, 3.8) is 0 Å². The van der Waals surface area contributed by atoms with E-state index in [4.69, 9.17) is 14.9 Å². The fraction of sp³-hybridized carbons (Fsp3) is 0.579. The number of nitrogens with one attached hydrogen (secondary N) is 2. The van der Waals surface area contributed by atoms with Gasteiger partial charge in [-0.1, -0.05) is 18.6 Å². The van der Waals surface area contributed by atoms with Gasteiger partial charge in [0.05, 0.1) is 0 Å². The molecule has 1 saturated heterocycles. The number of fused-ring (bicyclic) bond motifs is 1. The van der Waals surface area contributed by atoms with Crippen LogP contribution in [0.2, 0.25) is 0 Å². The lowest BCUT2D eigenvalue weighted by molar-refractivity contribution is -0.192. The van der Waals surface area contributed by atoms with E-state index in [1.165, 1.54) is 5.57 Å². The second-order valence-electron chi connectivity index (χ2n) is 7.43. The SMILES string of the molecule is CCCn1c(=O)[nH]c(=O)c2c1nc(N1CCNCC1)n2CC=C(C)C.O=C(O)C(F)(F)F. The molecule has 0 unspecified atom stereocenters. The summed E-state index contributed by atoms with van der Waals surface area (Å²) in [5.41, 5.74) is 1.36. The van der Waals surface area contributed by atoms with Crippen LogP contribution in [0.25, 0.3) is 11.2 Å². The zero-order valence-corrected chi connectivity index (χ0v) is 18.1. The Morgan fingerprint density at radius 3 is 2.28 bits per heavy atom. The smallest absolute Gasteiger partial charge is 0.475 e. The molecule has 32 heavy (non-hydrogen) atoms. The van der Waals surface area contributed by atoms with Gasteiger partial charge in [-0.05, 0) is 20.3 Å². The molecule has 0 aliphatic carbocycles. The van der Waals surface area contributed by atoms with Gasteiger partial charge in [0.1, 0.15) is 0 Å². The molecule has 1 fully saturated rings. The molecule has 3 N–H and O–H groups in total. The zero-order chi connectivity index (χ0) is 24.1. The predicted molar refractivity (Wildman–Crippen MR) is 113 cm³/mol. The van der Waals surface area contributed by atoms with Crippen LogP contribution in [0.1, 0.15) is 27.2 Å². The summed E-state index contributed by atoms with van der Waals surface area (Å²) in [4.78, 5) is 43.0. The van der Waals surface area contributed by atoms with E-state index < -0.39 is 17.8 Å². The summed E-state index contributed by atoms with van der Waals surface area (Å²) in [6, 6.07) is 0. The monoisotopic (exact) mass is 460 g/mol. The van der Waals surface area contributed by atoms with Gasteiger partial charge in [-0.2, -0.15) is 18.2 Å². The zero-order valence-electron chi connectivity index (χ0n) is 18.1. The van der Waals surface area contributed by atoms with Crippen LogP contribution in [0.5, 0.6) is 0 Å².